The maximum Gasteiger partial charge on any atom is 0.309 e. The number of carbonyl (C=O) groups excluding carboxylic acids is 2. The molecule has 6 nitrogen and oxygen atoms in total. The number of carbonyl (C=O) groups is 2. The third kappa shape index (κ3) is 5.88. The van der Waals surface area contributed by atoms with E-state index in [0.29, 0.717) is 12.3 Å². The van der Waals surface area contributed by atoms with E-state index in [2.05, 4.69) is 10.6 Å². The van der Waals surface area contributed by atoms with E-state index < -0.39 is 17.4 Å². The normalized spacial score (nSPS) is 13.8. The Balaban J connectivity index is 2.37. The van der Waals surface area contributed by atoms with Crippen LogP contribution in [0.4, 0.5) is 0 Å². The zero-order valence-corrected chi connectivity index (χ0v) is 12.1. The molecule has 2 amide bonds. The van der Waals surface area contributed by atoms with Crippen molar-refractivity contribution in [3.05, 3.63) is 24.2 Å². The van der Waals surface area contributed by atoms with E-state index in [1.54, 1.807) is 19.1 Å². The van der Waals surface area contributed by atoms with Gasteiger partial charge >= 0.3 is 11.8 Å². The Hall–Kier alpha value is -1.82. The molecule has 1 heterocycles. The summed E-state index contributed by atoms with van der Waals surface area (Å²) in [6, 6.07) is 3.47. The molecule has 1 aromatic heterocycles. The highest BCUT2D eigenvalue weighted by Crippen LogP contribution is 2.12. The van der Waals surface area contributed by atoms with Crippen LogP contribution in [0.2, 0.25) is 0 Å². The van der Waals surface area contributed by atoms with Crippen LogP contribution in [0.3, 0.4) is 0 Å². The predicted octanol–water partition coefficient (Wildman–Crippen LogP) is 0.462. The summed E-state index contributed by atoms with van der Waals surface area (Å²) in [4.78, 5) is 23.0. The van der Waals surface area contributed by atoms with Gasteiger partial charge in [0.1, 0.15) is 5.76 Å². The van der Waals surface area contributed by atoms with Crippen molar-refractivity contribution in [2.24, 2.45) is 5.92 Å². The molecule has 1 aromatic rings. The summed E-state index contributed by atoms with van der Waals surface area (Å²) in [5.41, 5.74) is -1.17. The van der Waals surface area contributed by atoms with Gasteiger partial charge in [-0.15, -0.1) is 0 Å². The minimum absolute atomic E-state index is 0.0262. The standard InChI is InChI=1S/C14H22N2O4/c1-10(2)8-15-12(17)13(18)16-9-14(3,19)7-11-5-4-6-20-11/h4-6,10,19H,7-9H2,1-3H3,(H,15,17)(H,16,18). The molecule has 1 atom stereocenters. The van der Waals surface area contributed by atoms with E-state index >= 15 is 0 Å². The molecule has 0 radical (unpaired) electrons. The molecule has 6 heteroatoms. The number of hydrogen-bond donors (Lipinski definition) is 3. The molecule has 0 aromatic carbocycles. The van der Waals surface area contributed by atoms with Crippen molar-refractivity contribution in [2.75, 3.05) is 13.1 Å². The van der Waals surface area contributed by atoms with Crippen molar-refractivity contribution < 1.29 is 19.1 Å². The fourth-order valence-electron chi connectivity index (χ4n) is 1.58. The summed E-state index contributed by atoms with van der Waals surface area (Å²) >= 11 is 0. The molecule has 0 fully saturated rings. The molecule has 1 unspecified atom stereocenters. The first-order chi connectivity index (χ1) is 9.30. The summed E-state index contributed by atoms with van der Waals surface area (Å²) in [6.45, 7) is 5.86. The second-order valence-electron chi connectivity index (χ2n) is 5.54. The first-order valence-corrected chi connectivity index (χ1v) is 6.61. The summed E-state index contributed by atoms with van der Waals surface area (Å²) < 4.78 is 5.14. The van der Waals surface area contributed by atoms with Crippen molar-refractivity contribution in [1.29, 1.82) is 0 Å². The van der Waals surface area contributed by atoms with Crippen LogP contribution in [0.5, 0.6) is 0 Å². The third-order valence-corrected chi connectivity index (χ3v) is 2.64. The molecular weight excluding hydrogens is 260 g/mol. The number of aliphatic hydroxyl groups is 1. The molecule has 0 aliphatic heterocycles. The van der Waals surface area contributed by atoms with Crippen molar-refractivity contribution in [1.82, 2.24) is 10.6 Å². The molecule has 112 valence electrons. The Kier molecular flexibility index (Phi) is 5.76. The van der Waals surface area contributed by atoms with Crippen molar-refractivity contribution in [2.45, 2.75) is 32.8 Å². The lowest BCUT2D eigenvalue weighted by Crippen LogP contribution is -2.47. The molecule has 0 saturated carbocycles. The number of furan rings is 1. The van der Waals surface area contributed by atoms with E-state index in [1.165, 1.54) is 6.26 Å². The summed E-state index contributed by atoms with van der Waals surface area (Å²) in [5.74, 6) is -0.541. The van der Waals surface area contributed by atoms with E-state index in [1.807, 2.05) is 13.8 Å². The van der Waals surface area contributed by atoms with E-state index in [-0.39, 0.29) is 18.9 Å². The lowest BCUT2D eigenvalue weighted by Gasteiger charge is -2.22. The van der Waals surface area contributed by atoms with Crippen molar-refractivity contribution in [3.63, 3.8) is 0 Å². The van der Waals surface area contributed by atoms with E-state index in [4.69, 9.17) is 4.42 Å². The average Bonchev–Trinajstić information content (AvgIpc) is 2.85. The van der Waals surface area contributed by atoms with Crippen LogP contribution in [0.15, 0.2) is 22.8 Å². The molecule has 0 aliphatic carbocycles. The monoisotopic (exact) mass is 282 g/mol. The number of rotatable bonds is 6. The third-order valence-electron chi connectivity index (χ3n) is 2.64. The fourth-order valence-corrected chi connectivity index (χ4v) is 1.58. The van der Waals surface area contributed by atoms with Gasteiger partial charge in [-0.25, -0.2) is 0 Å². The quantitative estimate of drug-likeness (QED) is 0.661. The van der Waals surface area contributed by atoms with Gasteiger partial charge in [-0.2, -0.15) is 0 Å². The average molecular weight is 282 g/mol. The molecule has 20 heavy (non-hydrogen) atoms. The zero-order chi connectivity index (χ0) is 15.2. The Morgan fingerprint density at radius 3 is 2.55 bits per heavy atom. The van der Waals surface area contributed by atoms with Gasteiger partial charge in [-0.3, -0.25) is 9.59 Å². The van der Waals surface area contributed by atoms with Crippen LogP contribution in [0.1, 0.15) is 26.5 Å². The Morgan fingerprint density at radius 2 is 2.00 bits per heavy atom. The highest BCUT2D eigenvalue weighted by molar-refractivity contribution is 6.35. The first-order valence-electron chi connectivity index (χ1n) is 6.61. The highest BCUT2D eigenvalue weighted by atomic mass is 16.3. The summed E-state index contributed by atoms with van der Waals surface area (Å²) in [5, 5.41) is 15.1. The molecule has 1 rings (SSSR count). The largest absolute Gasteiger partial charge is 0.469 e. The molecule has 0 saturated heterocycles. The fraction of sp³-hybridized carbons (Fsp3) is 0.571. The maximum atomic E-state index is 11.5. The predicted molar refractivity (Wildman–Crippen MR) is 73.9 cm³/mol. The van der Waals surface area contributed by atoms with Gasteiger partial charge < -0.3 is 20.2 Å². The second kappa shape index (κ2) is 7.09. The van der Waals surface area contributed by atoms with Crippen LogP contribution < -0.4 is 10.6 Å². The van der Waals surface area contributed by atoms with Gasteiger partial charge in [-0.05, 0) is 25.0 Å². The smallest absolute Gasteiger partial charge is 0.309 e. The van der Waals surface area contributed by atoms with Crippen LogP contribution in [-0.4, -0.2) is 35.6 Å². The maximum absolute atomic E-state index is 11.5. The van der Waals surface area contributed by atoms with Crippen LogP contribution in [0.25, 0.3) is 0 Å². The lowest BCUT2D eigenvalue weighted by atomic mass is 10.0. The van der Waals surface area contributed by atoms with Gasteiger partial charge in [0, 0.05) is 19.5 Å². The molecule has 3 N–H and O–H groups in total. The number of hydrogen-bond acceptors (Lipinski definition) is 4. The topological polar surface area (TPSA) is 91.6 Å². The van der Waals surface area contributed by atoms with Gasteiger partial charge in [0.15, 0.2) is 0 Å². The van der Waals surface area contributed by atoms with Crippen LogP contribution in [0, 0.1) is 5.92 Å². The minimum atomic E-state index is -1.17. The lowest BCUT2D eigenvalue weighted by molar-refractivity contribution is -0.139. The summed E-state index contributed by atoms with van der Waals surface area (Å²) in [6.07, 6.45) is 1.78. The molecule has 0 spiro atoms. The molecule has 0 bridgehead atoms. The second-order valence-corrected chi connectivity index (χ2v) is 5.54. The number of nitrogens with one attached hydrogen (secondary N) is 2. The van der Waals surface area contributed by atoms with Gasteiger partial charge in [-0.1, -0.05) is 13.8 Å². The van der Waals surface area contributed by atoms with Gasteiger partial charge in [0.05, 0.1) is 11.9 Å². The number of amides is 2. The van der Waals surface area contributed by atoms with Crippen LogP contribution in [-0.2, 0) is 16.0 Å². The first kappa shape index (κ1) is 16.2. The molecular formula is C14H22N2O4. The SMILES string of the molecule is CC(C)CNC(=O)C(=O)NCC(C)(O)Cc1ccco1. The Bertz CT molecular complexity index is 438. The summed E-state index contributed by atoms with van der Waals surface area (Å²) in [7, 11) is 0. The minimum Gasteiger partial charge on any atom is -0.469 e. The van der Waals surface area contributed by atoms with E-state index in [0.717, 1.165) is 0 Å². The van der Waals surface area contributed by atoms with Gasteiger partial charge in [0.2, 0.25) is 0 Å². The Morgan fingerprint density at radius 1 is 1.35 bits per heavy atom. The Labute approximate surface area is 118 Å². The van der Waals surface area contributed by atoms with Crippen LogP contribution >= 0.6 is 0 Å². The zero-order valence-electron chi connectivity index (χ0n) is 12.1. The van der Waals surface area contributed by atoms with E-state index in [9.17, 15) is 14.7 Å². The van der Waals surface area contributed by atoms with Crippen molar-refractivity contribution >= 4 is 11.8 Å². The highest BCUT2D eigenvalue weighted by Gasteiger charge is 2.24. The van der Waals surface area contributed by atoms with Gasteiger partial charge in [0.25, 0.3) is 0 Å². The molecule has 0 aliphatic rings. The van der Waals surface area contributed by atoms with Crippen molar-refractivity contribution in [3.8, 4) is 0 Å².